The summed E-state index contributed by atoms with van der Waals surface area (Å²) in [4.78, 5) is 16.6. The summed E-state index contributed by atoms with van der Waals surface area (Å²) in [5, 5.41) is 33.3. The predicted molar refractivity (Wildman–Crippen MR) is 99.5 cm³/mol. The van der Waals surface area contributed by atoms with Crippen molar-refractivity contribution in [1.29, 1.82) is 5.26 Å². The van der Waals surface area contributed by atoms with Crippen molar-refractivity contribution in [3.8, 4) is 28.8 Å². The number of aromatic hydroxyl groups is 2. The van der Waals surface area contributed by atoms with E-state index in [2.05, 4.69) is 10.3 Å². The van der Waals surface area contributed by atoms with Crippen molar-refractivity contribution in [2.24, 2.45) is 0 Å². The molecule has 0 fully saturated rings. The normalized spacial score (nSPS) is 11.0. The Labute approximate surface area is 153 Å². The standard InChI is InChI=1S/C19H13N3O3S/c20-10-14(9-13-7-4-8-16(23)17(13)24)18(25)22-19-21-15(11-26-19)12-5-2-1-3-6-12/h1-9,11,23-24H,(H,21,22,25)/b14-9+. The number of anilines is 1. The highest BCUT2D eigenvalue weighted by Crippen LogP contribution is 2.30. The van der Waals surface area contributed by atoms with Crippen molar-refractivity contribution < 1.29 is 15.0 Å². The van der Waals surface area contributed by atoms with Crippen molar-refractivity contribution >= 4 is 28.5 Å². The number of thiazole rings is 1. The number of carbonyl (C=O) groups is 1. The van der Waals surface area contributed by atoms with Gasteiger partial charge >= 0.3 is 0 Å². The van der Waals surface area contributed by atoms with Gasteiger partial charge in [0.25, 0.3) is 5.91 Å². The molecule has 2 aromatic carbocycles. The first-order valence-electron chi connectivity index (χ1n) is 7.53. The van der Waals surface area contributed by atoms with Crippen LogP contribution < -0.4 is 5.32 Å². The SMILES string of the molecule is N#C/C(=C\c1cccc(O)c1O)C(=O)Nc1nc(-c2ccccc2)cs1. The predicted octanol–water partition coefficient (Wildman–Crippen LogP) is 3.77. The van der Waals surface area contributed by atoms with E-state index in [9.17, 15) is 20.3 Å². The molecule has 0 spiro atoms. The van der Waals surface area contributed by atoms with Crippen molar-refractivity contribution in [3.05, 3.63) is 65.0 Å². The van der Waals surface area contributed by atoms with E-state index in [0.29, 0.717) is 5.13 Å². The molecular formula is C19H13N3O3S. The number of phenols is 2. The summed E-state index contributed by atoms with van der Waals surface area (Å²) in [6.45, 7) is 0. The summed E-state index contributed by atoms with van der Waals surface area (Å²) in [7, 11) is 0. The lowest BCUT2D eigenvalue weighted by Gasteiger charge is -2.03. The van der Waals surface area contributed by atoms with E-state index < -0.39 is 11.7 Å². The lowest BCUT2D eigenvalue weighted by molar-refractivity contribution is -0.112. The molecule has 128 valence electrons. The summed E-state index contributed by atoms with van der Waals surface area (Å²) in [5.41, 5.74) is 1.59. The minimum Gasteiger partial charge on any atom is -0.504 e. The smallest absolute Gasteiger partial charge is 0.268 e. The van der Waals surface area contributed by atoms with E-state index in [0.717, 1.165) is 11.3 Å². The molecule has 0 unspecified atom stereocenters. The number of nitrogens with zero attached hydrogens (tertiary/aromatic N) is 2. The number of hydrogen-bond acceptors (Lipinski definition) is 6. The second-order valence-corrected chi connectivity index (χ2v) is 6.10. The average molecular weight is 363 g/mol. The van der Waals surface area contributed by atoms with Gasteiger partial charge in [0.15, 0.2) is 16.6 Å². The van der Waals surface area contributed by atoms with Gasteiger partial charge < -0.3 is 10.2 Å². The molecule has 1 aromatic heterocycles. The lowest BCUT2D eigenvalue weighted by atomic mass is 10.1. The fraction of sp³-hybridized carbons (Fsp3) is 0. The van der Waals surface area contributed by atoms with Crippen LogP contribution in [0.3, 0.4) is 0 Å². The van der Waals surface area contributed by atoms with Crippen LogP contribution in [-0.2, 0) is 4.79 Å². The molecule has 0 radical (unpaired) electrons. The van der Waals surface area contributed by atoms with Crippen LogP contribution >= 0.6 is 11.3 Å². The highest BCUT2D eigenvalue weighted by molar-refractivity contribution is 7.14. The minimum absolute atomic E-state index is 0.167. The Kier molecular flexibility index (Phi) is 4.97. The van der Waals surface area contributed by atoms with E-state index in [1.165, 1.54) is 35.6 Å². The summed E-state index contributed by atoms with van der Waals surface area (Å²) < 4.78 is 0. The van der Waals surface area contributed by atoms with Crippen molar-refractivity contribution in [2.45, 2.75) is 0 Å². The Morgan fingerprint density at radius 1 is 1.15 bits per heavy atom. The second-order valence-electron chi connectivity index (χ2n) is 5.24. The Hall–Kier alpha value is -3.63. The molecule has 3 N–H and O–H groups in total. The first kappa shape index (κ1) is 17.2. The van der Waals surface area contributed by atoms with Gasteiger partial charge in [-0.25, -0.2) is 4.98 Å². The third-order valence-electron chi connectivity index (χ3n) is 3.51. The van der Waals surface area contributed by atoms with Gasteiger partial charge in [-0.1, -0.05) is 42.5 Å². The van der Waals surface area contributed by atoms with Gasteiger partial charge in [0.2, 0.25) is 0 Å². The Balaban J connectivity index is 1.80. The summed E-state index contributed by atoms with van der Waals surface area (Å²) in [6, 6.07) is 15.6. The zero-order chi connectivity index (χ0) is 18.5. The number of benzene rings is 2. The molecule has 0 bridgehead atoms. The molecule has 0 saturated carbocycles. The molecule has 0 atom stereocenters. The van der Waals surface area contributed by atoms with Gasteiger partial charge in [0.1, 0.15) is 11.6 Å². The first-order valence-corrected chi connectivity index (χ1v) is 8.41. The topological polar surface area (TPSA) is 106 Å². The van der Waals surface area contributed by atoms with Crippen LogP contribution in [0.15, 0.2) is 59.5 Å². The fourth-order valence-corrected chi connectivity index (χ4v) is 2.92. The third kappa shape index (κ3) is 3.71. The number of nitrogens with one attached hydrogen (secondary N) is 1. The van der Waals surface area contributed by atoms with E-state index in [-0.39, 0.29) is 16.9 Å². The molecule has 26 heavy (non-hydrogen) atoms. The average Bonchev–Trinajstić information content (AvgIpc) is 3.12. The molecule has 3 aromatic rings. The fourth-order valence-electron chi connectivity index (χ4n) is 2.21. The van der Waals surface area contributed by atoms with E-state index in [1.54, 1.807) is 6.07 Å². The number of nitriles is 1. The van der Waals surface area contributed by atoms with Crippen molar-refractivity contribution in [1.82, 2.24) is 4.98 Å². The number of para-hydroxylation sites is 1. The molecule has 7 heteroatoms. The van der Waals surface area contributed by atoms with Gasteiger partial charge in [0, 0.05) is 16.5 Å². The summed E-state index contributed by atoms with van der Waals surface area (Å²) in [5.74, 6) is -1.37. The van der Waals surface area contributed by atoms with Crippen LogP contribution in [0.2, 0.25) is 0 Å². The van der Waals surface area contributed by atoms with Crippen LogP contribution in [0, 0.1) is 11.3 Å². The lowest BCUT2D eigenvalue weighted by Crippen LogP contribution is -2.13. The van der Waals surface area contributed by atoms with E-state index in [1.807, 2.05) is 35.7 Å². The van der Waals surface area contributed by atoms with E-state index >= 15 is 0 Å². The molecular weight excluding hydrogens is 350 g/mol. The van der Waals surface area contributed by atoms with Gasteiger partial charge in [-0.3, -0.25) is 10.1 Å². The molecule has 1 heterocycles. The highest BCUT2D eigenvalue weighted by atomic mass is 32.1. The minimum atomic E-state index is -0.649. The van der Waals surface area contributed by atoms with Gasteiger partial charge in [-0.2, -0.15) is 5.26 Å². The molecule has 0 aliphatic carbocycles. The number of hydrogen-bond donors (Lipinski definition) is 3. The van der Waals surface area contributed by atoms with Crippen LogP contribution in [0.5, 0.6) is 11.5 Å². The van der Waals surface area contributed by atoms with E-state index in [4.69, 9.17) is 0 Å². The molecule has 6 nitrogen and oxygen atoms in total. The zero-order valence-electron chi connectivity index (χ0n) is 13.4. The molecule has 1 amide bonds. The Bertz CT molecular complexity index is 1020. The third-order valence-corrected chi connectivity index (χ3v) is 4.26. The maximum absolute atomic E-state index is 12.3. The molecule has 0 saturated heterocycles. The van der Waals surface area contributed by atoms with Crippen LogP contribution in [0.4, 0.5) is 5.13 Å². The van der Waals surface area contributed by atoms with Crippen molar-refractivity contribution in [3.63, 3.8) is 0 Å². The summed E-state index contributed by atoms with van der Waals surface area (Å²) in [6.07, 6.45) is 1.20. The van der Waals surface area contributed by atoms with Crippen molar-refractivity contribution in [2.75, 3.05) is 5.32 Å². The molecule has 0 aliphatic heterocycles. The molecule has 3 rings (SSSR count). The van der Waals surface area contributed by atoms with Gasteiger partial charge in [0.05, 0.1) is 5.69 Å². The summed E-state index contributed by atoms with van der Waals surface area (Å²) >= 11 is 1.24. The number of amides is 1. The largest absolute Gasteiger partial charge is 0.504 e. The Morgan fingerprint density at radius 3 is 2.65 bits per heavy atom. The van der Waals surface area contributed by atoms with Gasteiger partial charge in [-0.15, -0.1) is 11.3 Å². The van der Waals surface area contributed by atoms with Crippen LogP contribution in [0.1, 0.15) is 5.56 Å². The number of carbonyl (C=O) groups excluding carboxylic acids is 1. The Morgan fingerprint density at radius 2 is 1.92 bits per heavy atom. The van der Waals surface area contributed by atoms with Crippen LogP contribution in [-0.4, -0.2) is 21.1 Å². The maximum Gasteiger partial charge on any atom is 0.268 e. The quantitative estimate of drug-likeness (QED) is 0.372. The second kappa shape index (κ2) is 7.51. The van der Waals surface area contributed by atoms with Crippen LogP contribution in [0.25, 0.3) is 17.3 Å². The highest BCUT2D eigenvalue weighted by Gasteiger charge is 2.14. The first-order chi connectivity index (χ1) is 12.6. The number of rotatable bonds is 4. The number of phenolic OH excluding ortho intramolecular Hbond substituents is 2. The maximum atomic E-state index is 12.3. The molecule has 0 aliphatic rings. The zero-order valence-corrected chi connectivity index (χ0v) is 14.2. The monoisotopic (exact) mass is 363 g/mol. The number of aromatic nitrogens is 1. The van der Waals surface area contributed by atoms with Gasteiger partial charge in [-0.05, 0) is 12.1 Å².